The molecule has 0 radical (unpaired) electrons. The second-order valence-electron chi connectivity index (χ2n) is 3.58. The molecule has 1 saturated heterocycles. The first-order valence-corrected chi connectivity index (χ1v) is 4.98. The molecule has 0 spiro atoms. The van der Waals surface area contributed by atoms with Gasteiger partial charge < -0.3 is 10.5 Å². The largest absolute Gasteiger partial charge is 0.447 e. The van der Waals surface area contributed by atoms with Crippen molar-refractivity contribution in [2.24, 2.45) is 5.73 Å². The van der Waals surface area contributed by atoms with Crippen LogP contribution in [0.5, 0.6) is 0 Å². The fourth-order valence-corrected chi connectivity index (χ4v) is 1.62. The Labute approximate surface area is 92.8 Å². The zero-order valence-electron chi connectivity index (χ0n) is 8.68. The van der Waals surface area contributed by atoms with E-state index in [0.717, 1.165) is 11.3 Å². The van der Waals surface area contributed by atoms with Crippen LogP contribution >= 0.6 is 0 Å². The number of primary amides is 1. The minimum Gasteiger partial charge on any atom is -0.447 e. The molecule has 0 aromatic heterocycles. The van der Waals surface area contributed by atoms with Gasteiger partial charge in [0, 0.05) is 5.69 Å². The number of nitrogens with two attached hydrogens (primary N) is 1. The molecule has 5 heteroatoms. The van der Waals surface area contributed by atoms with Gasteiger partial charge in [0.1, 0.15) is 6.61 Å². The Balaban J connectivity index is 2.12. The lowest BCUT2D eigenvalue weighted by Crippen LogP contribution is -2.23. The Bertz CT molecular complexity index is 414. The quantitative estimate of drug-likeness (QED) is 0.813. The van der Waals surface area contributed by atoms with Crippen molar-refractivity contribution in [3.8, 4) is 0 Å². The summed E-state index contributed by atoms with van der Waals surface area (Å²) in [5.41, 5.74) is 6.69. The van der Waals surface area contributed by atoms with E-state index >= 15 is 0 Å². The van der Waals surface area contributed by atoms with E-state index in [9.17, 15) is 9.59 Å². The fraction of sp³-hybridized carbons (Fsp3) is 0.273. The highest BCUT2D eigenvalue weighted by molar-refractivity contribution is 5.89. The fourth-order valence-electron chi connectivity index (χ4n) is 1.62. The summed E-state index contributed by atoms with van der Waals surface area (Å²) in [5, 5.41) is 0. The van der Waals surface area contributed by atoms with Crippen LogP contribution in [-0.4, -0.2) is 25.2 Å². The highest BCUT2D eigenvalue weighted by Crippen LogP contribution is 2.19. The van der Waals surface area contributed by atoms with Crippen LogP contribution in [0.15, 0.2) is 24.3 Å². The smallest absolute Gasteiger partial charge is 0.414 e. The number of amides is 2. The van der Waals surface area contributed by atoms with Gasteiger partial charge in [-0.1, -0.05) is 12.1 Å². The lowest BCUT2D eigenvalue weighted by Gasteiger charge is -2.12. The van der Waals surface area contributed by atoms with Gasteiger partial charge in [-0.05, 0) is 17.7 Å². The van der Waals surface area contributed by atoms with E-state index < -0.39 is 0 Å². The van der Waals surface area contributed by atoms with E-state index in [1.165, 1.54) is 0 Å². The Hall–Kier alpha value is -2.04. The number of ether oxygens (including phenoxy) is 1. The zero-order valence-corrected chi connectivity index (χ0v) is 8.68. The highest BCUT2D eigenvalue weighted by atomic mass is 16.6. The van der Waals surface area contributed by atoms with Crippen LogP contribution in [0, 0.1) is 0 Å². The van der Waals surface area contributed by atoms with E-state index in [1.807, 2.05) is 0 Å². The molecule has 5 nitrogen and oxygen atoms in total. The molecule has 2 N–H and O–H groups in total. The van der Waals surface area contributed by atoms with Gasteiger partial charge >= 0.3 is 6.09 Å². The molecule has 1 aromatic carbocycles. The third-order valence-electron chi connectivity index (χ3n) is 2.39. The average Bonchev–Trinajstić information content (AvgIpc) is 2.65. The van der Waals surface area contributed by atoms with Crippen molar-refractivity contribution in [1.82, 2.24) is 0 Å². The molecular formula is C11H12N2O3. The molecule has 1 aliphatic rings. The predicted molar refractivity (Wildman–Crippen MR) is 58.0 cm³/mol. The summed E-state index contributed by atoms with van der Waals surface area (Å²) in [7, 11) is 0. The molecule has 1 heterocycles. The Kier molecular flexibility index (Phi) is 2.76. The number of benzene rings is 1. The first kappa shape index (κ1) is 10.5. The van der Waals surface area contributed by atoms with E-state index in [-0.39, 0.29) is 18.4 Å². The van der Waals surface area contributed by atoms with Gasteiger partial charge in [0.2, 0.25) is 5.91 Å². The van der Waals surface area contributed by atoms with E-state index in [1.54, 1.807) is 29.2 Å². The Morgan fingerprint density at radius 1 is 1.38 bits per heavy atom. The number of anilines is 1. The maximum Gasteiger partial charge on any atom is 0.414 e. The third kappa shape index (κ3) is 2.13. The third-order valence-corrected chi connectivity index (χ3v) is 2.39. The van der Waals surface area contributed by atoms with E-state index in [2.05, 4.69) is 0 Å². The lowest BCUT2D eigenvalue weighted by atomic mass is 10.1. The summed E-state index contributed by atoms with van der Waals surface area (Å²) in [6.45, 7) is 0.982. The van der Waals surface area contributed by atoms with Crippen LogP contribution < -0.4 is 10.6 Å². The Morgan fingerprint density at radius 2 is 2.06 bits per heavy atom. The molecular weight excluding hydrogens is 208 g/mol. The summed E-state index contributed by atoms with van der Waals surface area (Å²) in [5.74, 6) is -0.367. The van der Waals surface area contributed by atoms with Crippen LogP contribution in [0.4, 0.5) is 10.5 Å². The van der Waals surface area contributed by atoms with Crippen LogP contribution in [0.25, 0.3) is 0 Å². The molecule has 0 bridgehead atoms. The molecule has 1 aliphatic heterocycles. The molecule has 0 unspecified atom stereocenters. The zero-order chi connectivity index (χ0) is 11.5. The average molecular weight is 220 g/mol. The van der Waals surface area contributed by atoms with E-state index in [4.69, 9.17) is 10.5 Å². The first-order valence-electron chi connectivity index (χ1n) is 4.98. The lowest BCUT2D eigenvalue weighted by molar-refractivity contribution is -0.117. The maximum absolute atomic E-state index is 11.3. The highest BCUT2D eigenvalue weighted by Gasteiger charge is 2.23. The molecule has 84 valence electrons. The van der Waals surface area contributed by atoms with Gasteiger partial charge in [-0.2, -0.15) is 0 Å². The second-order valence-corrected chi connectivity index (χ2v) is 3.58. The standard InChI is InChI=1S/C11H12N2O3/c12-10(14)7-8-1-3-9(4-2-8)13-5-6-16-11(13)15/h1-4H,5-7H2,(H2,12,14). The van der Waals surface area contributed by atoms with Crippen LogP contribution in [0.3, 0.4) is 0 Å². The van der Waals surface area contributed by atoms with Crippen LogP contribution in [0.1, 0.15) is 5.56 Å². The second kappa shape index (κ2) is 4.22. The predicted octanol–water partition coefficient (Wildman–Crippen LogP) is 0.671. The maximum atomic E-state index is 11.3. The van der Waals surface area contributed by atoms with E-state index in [0.29, 0.717) is 13.2 Å². The molecule has 2 rings (SSSR count). The normalized spacial score (nSPS) is 15.0. The summed E-state index contributed by atoms with van der Waals surface area (Å²) in [6, 6.07) is 7.13. The minimum atomic E-state index is -0.367. The molecule has 1 fully saturated rings. The molecule has 0 saturated carbocycles. The van der Waals surface area contributed by atoms with Crippen molar-refractivity contribution in [3.63, 3.8) is 0 Å². The van der Waals surface area contributed by atoms with Crippen molar-refractivity contribution in [2.75, 3.05) is 18.1 Å². The molecule has 1 aromatic rings. The number of hydrogen-bond donors (Lipinski definition) is 1. The number of carbonyl (C=O) groups excluding carboxylic acids is 2. The van der Waals surface area contributed by atoms with Crippen molar-refractivity contribution < 1.29 is 14.3 Å². The molecule has 16 heavy (non-hydrogen) atoms. The number of hydrogen-bond acceptors (Lipinski definition) is 3. The first-order chi connectivity index (χ1) is 7.66. The monoisotopic (exact) mass is 220 g/mol. The van der Waals surface area contributed by atoms with Gasteiger partial charge in [0.05, 0.1) is 13.0 Å². The van der Waals surface area contributed by atoms with Crippen molar-refractivity contribution in [3.05, 3.63) is 29.8 Å². The van der Waals surface area contributed by atoms with Crippen LogP contribution in [-0.2, 0) is 16.0 Å². The van der Waals surface area contributed by atoms with Gasteiger partial charge in [0.25, 0.3) is 0 Å². The number of cyclic esters (lactones) is 1. The SMILES string of the molecule is NC(=O)Cc1ccc(N2CCOC2=O)cc1. The minimum absolute atomic E-state index is 0.213. The molecule has 2 amide bonds. The summed E-state index contributed by atoms with van der Waals surface area (Å²) >= 11 is 0. The van der Waals surface area contributed by atoms with Gasteiger partial charge in [-0.25, -0.2) is 4.79 Å². The number of rotatable bonds is 3. The van der Waals surface area contributed by atoms with Crippen molar-refractivity contribution in [2.45, 2.75) is 6.42 Å². The topological polar surface area (TPSA) is 72.6 Å². The van der Waals surface area contributed by atoms with Gasteiger partial charge in [-0.3, -0.25) is 9.69 Å². The summed E-state index contributed by atoms with van der Waals surface area (Å²) in [4.78, 5) is 23.5. The van der Waals surface area contributed by atoms with Crippen molar-refractivity contribution >= 4 is 17.7 Å². The Morgan fingerprint density at radius 3 is 2.56 bits per heavy atom. The van der Waals surface area contributed by atoms with Crippen LogP contribution in [0.2, 0.25) is 0 Å². The number of carbonyl (C=O) groups is 2. The van der Waals surface area contributed by atoms with Crippen molar-refractivity contribution in [1.29, 1.82) is 0 Å². The van der Waals surface area contributed by atoms with Gasteiger partial charge in [0.15, 0.2) is 0 Å². The summed E-state index contributed by atoms with van der Waals surface area (Å²) in [6.07, 6.45) is -0.118. The number of nitrogens with zero attached hydrogens (tertiary/aromatic N) is 1. The molecule has 0 atom stereocenters. The molecule has 0 aliphatic carbocycles. The summed E-state index contributed by atoms with van der Waals surface area (Å²) < 4.78 is 4.83. The van der Waals surface area contributed by atoms with Gasteiger partial charge in [-0.15, -0.1) is 0 Å².